The smallest absolute Gasteiger partial charge is 0.545 e. The van der Waals surface area contributed by atoms with Crippen molar-refractivity contribution in [1.29, 1.82) is 0 Å². The Morgan fingerprint density at radius 3 is 0.977 bits per heavy atom. The van der Waals surface area contributed by atoms with Crippen LogP contribution in [0.5, 0.6) is 0 Å². The summed E-state index contributed by atoms with van der Waals surface area (Å²) >= 11 is 0. The monoisotopic (exact) mass is 618 g/mol. The second-order valence-corrected chi connectivity index (χ2v) is 11.8. The molecular weight excluding hydrogens is 560 g/mol. The number of carboxylic acids is 2. The van der Waals surface area contributed by atoms with Crippen molar-refractivity contribution >= 4 is 49.7 Å². The third-order valence-corrected chi connectivity index (χ3v) is 8.07. The van der Waals surface area contributed by atoms with Gasteiger partial charge in [-0.25, -0.2) is 0 Å². The van der Waals surface area contributed by atoms with E-state index in [1.807, 2.05) is 24.3 Å². The average molecular weight is 619 g/mol. The molecule has 5 heteroatoms. The van der Waals surface area contributed by atoms with Crippen molar-refractivity contribution < 1.29 is 19.8 Å². The molecule has 0 bridgehead atoms. The first-order chi connectivity index (χ1) is 20.5. The Hall–Kier alpha value is -1.36. The number of aromatic carboxylic acids is 2. The van der Waals surface area contributed by atoms with Crippen molar-refractivity contribution in [2.24, 2.45) is 0 Å². The number of carbonyl (C=O) groups is 2. The third kappa shape index (κ3) is 21.9. The number of hydrogen-bond donors (Lipinski definition) is 0. The summed E-state index contributed by atoms with van der Waals surface area (Å²) in [6.07, 6.45) is 27.7. The zero-order valence-electron chi connectivity index (χ0n) is 27.5. The predicted molar refractivity (Wildman–Crippen MR) is 178 cm³/mol. The molecule has 0 N–H and O–H groups in total. The van der Waals surface area contributed by atoms with Gasteiger partial charge in [-0.3, -0.25) is 0 Å². The molecule has 0 aliphatic rings. The molecule has 0 heterocycles. The van der Waals surface area contributed by atoms with Crippen LogP contribution in [0, 0.1) is 0 Å². The van der Waals surface area contributed by atoms with Crippen molar-refractivity contribution in [1.82, 2.24) is 0 Å². The molecule has 0 aromatic heterocycles. The summed E-state index contributed by atoms with van der Waals surface area (Å²) in [5, 5.41) is 22.0. The first-order valence-corrected chi connectivity index (χ1v) is 17.1. The third-order valence-electron chi connectivity index (χ3n) is 8.07. The first-order valence-electron chi connectivity index (χ1n) is 17.1. The van der Waals surface area contributed by atoms with Gasteiger partial charge < -0.3 is 19.8 Å². The second kappa shape index (κ2) is 29.4. The first kappa shape index (κ1) is 41.6. The number of benzene rings is 2. The molecule has 0 unspecified atom stereocenters. The average Bonchev–Trinajstić information content (AvgIpc) is 2.99. The van der Waals surface area contributed by atoms with E-state index in [-0.39, 0.29) is 37.7 Å². The summed E-state index contributed by atoms with van der Waals surface area (Å²) in [4.78, 5) is 22.0. The summed E-state index contributed by atoms with van der Waals surface area (Å²) < 4.78 is 0. The largest absolute Gasteiger partial charge is 2.00 e. The molecule has 0 atom stereocenters. The van der Waals surface area contributed by atoms with E-state index in [9.17, 15) is 19.8 Å². The van der Waals surface area contributed by atoms with E-state index in [1.165, 1.54) is 116 Å². The number of hydrogen-bond acceptors (Lipinski definition) is 4. The molecule has 2 rings (SSSR count). The van der Waals surface area contributed by atoms with Gasteiger partial charge in [0.05, 0.1) is 11.9 Å². The maximum Gasteiger partial charge on any atom is 2.00 e. The van der Waals surface area contributed by atoms with Crippen molar-refractivity contribution in [2.75, 3.05) is 0 Å². The Bertz CT molecular complexity index is 881. The quantitative estimate of drug-likeness (QED) is 0.0871. The minimum Gasteiger partial charge on any atom is -0.545 e. The van der Waals surface area contributed by atoms with Crippen LogP contribution in [0.4, 0.5) is 0 Å². The molecule has 0 saturated heterocycles. The van der Waals surface area contributed by atoms with Gasteiger partial charge in [0.2, 0.25) is 0 Å². The molecule has 2 aromatic carbocycles. The molecule has 0 aliphatic heterocycles. The van der Waals surface area contributed by atoms with Crippen molar-refractivity contribution in [2.45, 2.75) is 155 Å². The number of aryl methyl sites for hydroxylation is 2. The van der Waals surface area contributed by atoms with Gasteiger partial charge >= 0.3 is 37.7 Å². The number of carboxylic acid groups (broad SMARTS) is 2. The van der Waals surface area contributed by atoms with Gasteiger partial charge in [-0.2, -0.15) is 0 Å². The van der Waals surface area contributed by atoms with Crippen molar-refractivity contribution in [3.8, 4) is 0 Å². The van der Waals surface area contributed by atoms with E-state index in [2.05, 4.69) is 13.8 Å². The molecule has 4 nitrogen and oxygen atoms in total. The van der Waals surface area contributed by atoms with E-state index >= 15 is 0 Å². The minimum atomic E-state index is -1.06. The topological polar surface area (TPSA) is 80.3 Å². The fourth-order valence-electron chi connectivity index (χ4n) is 5.48. The molecular formula is C38H58CaO4. The minimum absolute atomic E-state index is 0. The Kier molecular flexibility index (Phi) is 28.4. The normalized spacial score (nSPS) is 10.5. The number of unbranched alkanes of at least 4 members (excludes halogenated alkanes) is 18. The van der Waals surface area contributed by atoms with Gasteiger partial charge in [0.15, 0.2) is 0 Å². The van der Waals surface area contributed by atoms with E-state index < -0.39 is 11.9 Å². The Morgan fingerprint density at radius 2 is 0.698 bits per heavy atom. The molecule has 0 aliphatic carbocycles. The number of rotatable bonds is 24. The summed E-state index contributed by atoms with van der Waals surface area (Å²) in [6.45, 7) is 4.50. The van der Waals surface area contributed by atoms with Crippen molar-refractivity contribution in [3.05, 3.63) is 70.8 Å². The van der Waals surface area contributed by atoms with Crippen molar-refractivity contribution in [3.63, 3.8) is 0 Å². The van der Waals surface area contributed by atoms with Crippen LogP contribution >= 0.6 is 0 Å². The van der Waals surface area contributed by atoms with Crippen LogP contribution in [0.15, 0.2) is 48.5 Å². The van der Waals surface area contributed by atoms with Gasteiger partial charge in [0, 0.05) is 11.1 Å². The van der Waals surface area contributed by atoms with Crippen LogP contribution in [0.1, 0.15) is 174 Å². The molecule has 2 aromatic rings. The van der Waals surface area contributed by atoms with Gasteiger partial charge in [-0.15, -0.1) is 0 Å². The maximum absolute atomic E-state index is 11.0. The summed E-state index contributed by atoms with van der Waals surface area (Å²) in [7, 11) is 0. The van der Waals surface area contributed by atoms with Crippen LogP contribution < -0.4 is 10.2 Å². The van der Waals surface area contributed by atoms with E-state index in [4.69, 9.17) is 0 Å². The zero-order chi connectivity index (χ0) is 30.7. The zero-order valence-corrected chi connectivity index (χ0v) is 29.7. The Labute approximate surface area is 293 Å². The van der Waals surface area contributed by atoms with Crippen LogP contribution in [0.3, 0.4) is 0 Å². The second-order valence-electron chi connectivity index (χ2n) is 11.8. The number of carbonyl (C=O) groups excluding carboxylic acids is 2. The molecule has 43 heavy (non-hydrogen) atoms. The molecule has 0 amide bonds. The van der Waals surface area contributed by atoms with Gasteiger partial charge in [0.25, 0.3) is 0 Å². The SMILES string of the molecule is CCCCCCCCCCCCc1ccccc1C(=O)[O-].CCCCCCCCCCCCc1ccccc1C(=O)[O-].[Ca+2]. The van der Waals surface area contributed by atoms with Crippen LogP contribution in [-0.4, -0.2) is 49.7 Å². The summed E-state index contributed by atoms with van der Waals surface area (Å²) in [6, 6.07) is 14.4. The van der Waals surface area contributed by atoms with E-state index in [0.717, 1.165) is 36.8 Å². The van der Waals surface area contributed by atoms with Gasteiger partial charge in [-0.1, -0.05) is 178 Å². The molecule has 0 spiro atoms. The van der Waals surface area contributed by atoms with E-state index in [0.29, 0.717) is 11.1 Å². The molecule has 0 fully saturated rings. The Balaban J connectivity index is 0.000000802. The summed E-state index contributed by atoms with van der Waals surface area (Å²) in [5.41, 5.74) is 2.54. The van der Waals surface area contributed by atoms with Gasteiger partial charge in [0.1, 0.15) is 0 Å². The molecule has 0 radical (unpaired) electrons. The standard InChI is InChI=1S/2C19H30O2.Ca/c2*1-2-3-4-5-6-7-8-9-10-11-14-17-15-12-13-16-18(17)19(20)21;/h2*12-13,15-16H,2-11,14H2,1H3,(H,20,21);/q;;+2/p-2. The van der Waals surface area contributed by atoms with Crippen LogP contribution in [-0.2, 0) is 12.8 Å². The van der Waals surface area contributed by atoms with E-state index in [1.54, 1.807) is 24.3 Å². The maximum atomic E-state index is 11.0. The fraction of sp³-hybridized carbons (Fsp3) is 0.632. The predicted octanol–water partition coefficient (Wildman–Crippen LogP) is 8.65. The molecule has 236 valence electrons. The van der Waals surface area contributed by atoms with Gasteiger partial charge in [-0.05, 0) is 36.8 Å². The molecule has 0 saturated carbocycles. The van der Waals surface area contributed by atoms with Crippen LogP contribution in [0.25, 0.3) is 0 Å². The fourth-order valence-corrected chi connectivity index (χ4v) is 5.48. The van der Waals surface area contributed by atoms with Crippen LogP contribution in [0.2, 0.25) is 0 Å². The Morgan fingerprint density at radius 1 is 0.442 bits per heavy atom. The summed E-state index contributed by atoms with van der Waals surface area (Å²) in [5.74, 6) is -2.12.